The lowest BCUT2D eigenvalue weighted by atomic mass is 9.53. The van der Waals surface area contributed by atoms with Crippen LogP contribution in [0, 0.1) is 29.6 Å². The van der Waals surface area contributed by atoms with E-state index < -0.39 is 0 Å². The van der Waals surface area contributed by atoms with Crippen molar-refractivity contribution in [2.45, 2.75) is 62.6 Å². The van der Waals surface area contributed by atoms with Crippen LogP contribution in [-0.4, -0.2) is 11.9 Å². The van der Waals surface area contributed by atoms with E-state index in [1.807, 2.05) is 7.11 Å². The van der Waals surface area contributed by atoms with Crippen molar-refractivity contribution in [2.24, 2.45) is 29.6 Å². The highest BCUT2D eigenvalue weighted by atomic mass is 79.9. The van der Waals surface area contributed by atoms with Gasteiger partial charge < -0.3 is 4.74 Å². The molecule has 0 saturated heterocycles. The fraction of sp³-hybridized carbons (Fsp3) is 0.889. The van der Waals surface area contributed by atoms with Gasteiger partial charge in [0.2, 0.25) is 0 Å². The second-order valence-corrected chi connectivity index (χ2v) is 9.08. The highest BCUT2D eigenvalue weighted by Gasteiger charge is 2.47. The Balaban J connectivity index is 1.64. The van der Waals surface area contributed by atoms with E-state index in [0.717, 1.165) is 23.7 Å². The van der Waals surface area contributed by atoms with Gasteiger partial charge in [-0.2, -0.15) is 0 Å². The Bertz CT molecular complexity index is 384. The van der Waals surface area contributed by atoms with Crippen molar-refractivity contribution >= 4 is 15.9 Å². The molecule has 5 rings (SSSR count). The molecule has 0 N–H and O–H groups in total. The number of hydrogen-bond donors (Lipinski definition) is 0. The number of rotatable bonds is 2. The Morgan fingerprint density at radius 1 is 0.950 bits per heavy atom. The van der Waals surface area contributed by atoms with E-state index in [2.05, 4.69) is 15.9 Å². The minimum Gasteiger partial charge on any atom is -0.501 e. The number of hydrogen-bond acceptors (Lipinski definition) is 1. The Morgan fingerprint density at radius 2 is 1.60 bits per heavy atom. The van der Waals surface area contributed by atoms with Gasteiger partial charge in [0.05, 0.1) is 12.9 Å². The van der Waals surface area contributed by atoms with Gasteiger partial charge in [0.15, 0.2) is 0 Å². The van der Waals surface area contributed by atoms with Gasteiger partial charge in [-0.1, -0.05) is 22.4 Å². The molecule has 4 bridgehead atoms. The molecule has 0 aromatic heterocycles. The summed E-state index contributed by atoms with van der Waals surface area (Å²) < 4.78 is 6.02. The standard InChI is InChI=1S/C18H27BrO/c1-20-18(13-3-2-4-16(19)10-13)17-14-6-11-5-12(8-14)9-15(17)7-11/h11-16H,2-10H2,1H3. The van der Waals surface area contributed by atoms with Crippen molar-refractivity contribution in [2.75, 3.05) is 7.11 Å². The van der Waals surface area contributed by atoms with Crippen LogP contribution in [0.25, 0.3) is 0 Å². The molecule has 0 aromatic carbocycles. The second-order valence-electron chi connectivity index (χ2n) is 7.79. The van der Waals surface area contributed by atoms with Crippen molar-refractivity contribution in [3.63, 3.8) is 0 Å². The summed E-state index contributed by atoms with van der Waals surface area (Å²) in [7, 11) is 1.94. The lowest BCUT2D eigenvalue weighted by Crippen LogP contribution is -2.41. The fourth-order valence-electron chi connectivity index (χ4n) is 5.98. The molecule has 0 amide bonds. The predicted molar refractivity (Wildman–Crippen MR) is 85.8 cm³/mol. The van der Waals surface area contributed by atoms with Crippen LogP contribution in [0.4, 0.5) is 0 Å². The largest absolute Gasteiger partial charge is 0.501 e. The molecule has 2 atom stereocenters. The molecule has 1 nitrogen and oxygen atoms in total. The maximum absolute atomic E-state index is 6.02. The van der Waals surface area contributed by atoms with Gasteiger partial charge in [-0.05, 0) is 80.6 Å². The van der Waals surface area contributed by atoms with Gasteiger partial charge in [0.25, 0.3) is 0 Å². The van der Waals surface area contributed by atoms with Crippen LogP contribution >= 0.6 is 15.9 Å². The SMILES string of the molecule is COC(=C1C2CC3CC(C2)CC1C3)C1CCCC(Br)C1. The van der Waals surface area contributed by atoms with Gasteiger partial charge in [0.1, 0.15) is 0 Å². The molecule has 0 aromatic rings. The van der Waals surface area contributed by atoms with E-state index in [-0.39, 0.29) is 0 Å². The van der Waals surface area contributed by atoms with Gasteiger partial charge in [-0.25, -0.2) is 0 Å². The van der Waals surface area contributed by atoms with E-state index in [1.54, 1.807) is 5.57 Å². The number of halogens is 1. The van der Waals surface area contributed by atoms with Crippen LogP contribution in [0.15, 0.2) is 11.3 Å². The van der Waals surface area contributed by atoms with Crippen molar-refractivity contribution in [1.82, 2.24) is 0 Å². The van der Waals surface area contributed by atoms with E-state index in [4.69, 9.17) is 4.74 Å². The van der Waals surface area contributed by atoms with Gasteiger partial charge in [-0.3, -0.25) is 0 Å². The summed E-state index contributed by atoms with van der Waals surface area (Å²) >= 11 is 3.85. The second kappa shape index (κ2) is 5.34. The zero-order chi connectivity index (χ0) is 13.7. The summed E-state index contributed by atoms with van der Waals surface area (Å²) in [6, 6.07) is 0. The summed E-state index contributed by atoms with van der Waals surface area (Å²) in [4.78, 5) is 0.712. The molecule has 2 unspecified atom stereocenters. The molecule has 20 heavy (non-hydrogen) atoms. The number of methoxy groups -OCH3 is 1. The lowest BCUT2D eigenvalue weighted by molar-refractivity contribution is 0.0574. The monoisotopic (exact) mass is 338 g/mol. The minimum atomic E-state index is 0.700. The fourth-order valence-corrected chi connectivity index (χ4v) is 6.76. The zero-order valence-electron chi connectivity index (χ0n) is 12.6. The maximum Gasteiger partial charge on any atom is 0.0984 e. The summed E-state index contributed by atoms with van der Waals surface area (Å²) in [6.45, 7) is 0. The predicted octanol–water partition coefficient (Wildman–Crippen LogP) is 5.30. The number of alkyl halides is 1. The van der Waals surface area contributed by atoms with Crippen LogP contribution in [0.2, 0.25) is 0 Å². The summed E-state index contributed by atoms with van der Waals surface area (Å²) in [5, 5.41) is 0. The normalized spacial score (nSPS) is 46.6. The van der Waals surface area contributed by atoms with Crippen LogP contribution in [0.3, 0.4) is 0 Å². The van der Waals surface area contributed by atoms with E-state index in [9.17, 15) is 0 Å². The molecule has 5 aliphatic rings. The molecule has 0 aliphatic heterocycles. The first-order valence-electron chi connectivity index (χ1n) is 8.66. The summed E-state index contributed by atoms with van der Waals surface area (Å²) in [5.41, 5.74) is 1.78. The van der Waals surface area contributed by atoms with Crippen molar-refractivity contribution in [1.29, 1.82) is 0 Å². The van der Waals surface area contributed by atoms with Crippen molar-refractivity contribution in [3.05, 3.63) is 11.3 Å². The molecule has 5 aliphatic carbocycles. The van der Waals surface area contributed by atoms with Gasteiger partial charge >= 0.3 is 0 Å². The first-order chi connectivity index (χ1) is 9.74. The quantitative estimate of drug-likeness (QED) is 0.490. The smallest absolute Gasteiger partial charge is 0.0984 e. The van der Waals surface area contributed by atoms with Crippen molar-refractivity contribution < 1.29 is 4.74 Å². The van der Waals surface area contributed by atoms with E-state index >= 15 is 0 Å². The zero-order valence-corrected chi connectivity index (χ0v) is 14.2. The topological polar surface area (TPSA) is 9.23 Å². The summed E-state index contributed by atoms with van der Waals surface area (Å²) in [5.74, 6) is 6.01. The number of ether oxygens (including phenoxy) is 1. The van der Waals surface area contributed by atoms with Gasteiger partial charge in [0, 0.05) is 10.7 Å². The average Bonchev–Trinajstić information content (AvgIpc) is 2.42. The molecule has 2 heteroatoms. The highest BCUT2D eigenvalue weighted by molar-refractivity contribution is 9.09. The third-order valence-corrected chi connectivity index (χ3v) is 7.33. The van der Waals surface area contributed by atoms with E-state index in [1.165, 1.54) is 63.5 Å². The molecule has 0 heterocycles. The Hall–Kier alpha value is 0.0200. The van der Waals surface area contributed by atoms with Crippen LogP contribution in [0.1, 0.15) is 57.8 Å². The third kappa shape index (κ3) is 2.26. The average molecular weight is 339 g/mol. The Kier molecular flexibility index (Phi) is 3.65. The number of allylic oxidation sites excluding steroid dienone is 2. The Morgan fingerprint density at radius 3 is 2.15 bits per heavy atom. The van der Waals surface area contributed by atoms with Crippen LogP contribution < -0.4 is 0 Å². The maximum atomic E-state index is 6.02. The molecule has 0 spiro atoms. The molecule has 5 saturated carbocycles. The first-order valence-corrected chi connectivity index (χ1v) is 9.58. The summed E-state index contributed by atoms with van der Waals surface area (Å²) in [6.07, 6.45) is 12.8. The van der Waals surface area contributed by atoms with Crippen molar-refractivity contribution in [3.8, 4) is 0 Å². The minimum absolute atomic E-state index is 0.700. The molecular formula is C18H27BrO. The molecule has 5 fully saturated rings. The van der Waals surface area contributed by atoms with Crippen LogP contribution in [-0.2, 0) is 4.74 Å². The van der Waals surface area contributed by atoms with Gasteiger partial charge in [-0.15, -0.1) is 0 Å². The molecule has 0 radical (unpaired) electrons. The lowest BCUT2D eigenvalue weighted by Gasteiger charge is -2.52. The van der Waals surface area contributed by atoms with Crippen LogP contribution in [0.5, 0.6) is 0 Å². The first kappa shape index (κ1) is 13.7. The van der Waals surface area contributed by atoms with E-state index in [0.29, 0.717) is 10.7 Å². The third-order valence-electron chi connectivity index (χ3n) is 6.50. The Labute approximate surface area is 131 Å². The molecular weight excluding hydrogens is 312 g/mol. The highest BCUT2D eigenvalue weighted by Crippen LogP contribution is 2.58. The molecule has 112 valence electrons.